The van der Waals surface area contributed by atoms with E-state index in [2.05, 4.69) is 15.2 Å². The van der Waals surface area contributed by atoms with Crippen molar-refractivity contribution in [2.24, 2.45) is 0 Å². The molecule has 0 spiro atoms. The van der Waals surface area contributed by atoms with Crippen molar-refractivity contribution >= 4 is 35.0 Å². The van der Waals surface area contributed by atoms with E-state index in [9.17, 15) is 9.59 Å². The van der Waals surface area contributed by atoms with Crippen molar-refractivity contribution in [1.82, 2.24) is 9.88 Å². The number of pyridine rings is 1. The summed E-state index contributed by atoms with van der Waals surface area (Å²) in [5.41, 5.74) is 2.39. The fourth-order valence-corrected chi connectivity index (χ4v) is 5.37. The van der Waals surface area contributed by atoms with Crippen LogP contribution in [0.15, 0.2) is 47.6 Å². The quantitative estimate of drug-likeness (QED) is 0.688. The first-order valence-electron chi connectivity index (χ1n) is 11.2. The van der Waals surface area contributed by atoms with E-state index in [-0.39, 0.29) is 18.4 Å². The molecule has 0 radical (unpaired) electrons. The van der Waals surface area contributed by atoms with Crippen LogP contribution in [0.5, 0.6) is 0 Å². The Morgan fingerprint density at radius 2 is 1.88 bits per heavy atom. The molecule has 2 heterocycles. The number of hydrogen-bond acceptors (Lipinski definition) is 6. The maximum atomic E-state index is 13.0. The fourth-order valence-electron chi connectivity index (χ4n) is 4.08. The van der Waals surface area contributed by atoms with Crippen LogP contribution in [0, 0.1) is 0 Å². The number of benzene rings is 1. The lowest BCUT2D eigenvalue weighted by Crippen LogP contribution is -2.36. The largest absolute Gasteiger partial charge is 0.378 e. The highest BCUT2D eigenvalue weighted by Crippen LogP contribution is 2.35. The van der Waals surface area contributed by atoms with Gasteiger partial charge in [0, 0.05) is 43.0 Å². The van der Waals surface area contributed by atoms with Crippen LogP contribution < -0.4 is 10.2 Å². The third kappa shape index (κ3) is 5.81. The van der Waals surface area contributed by atoms with Crippen molar-refractivity contribution in [1.29, 1.82) is 0 Å². The van der Waals surface area contributed by atoms with Gasteiger partial charge >= 0.3 is 0 Å². The first kappa shape index (κ1) is 22.6. The molecule has 0 unspecified atom stereocenters. The molecule has 1 saturated heterocycles. The van der Waals surface area contributed by atoms with Crippen molar-refractivity contribution in [2.45, 2.75) is 36.0 Å². The zero-order chi connectivity index (χ0) is 22.3. The van der Waals surface area contributed by atoms with E-state index in [0.29, 0.717) is 16.5 Å². The summed E-state index contributed by atoms with van der Waals surface area (Å²) in [6, 6.07) is 11.3. The molecule has 2 fully saturated rings. The third-order valence-corrected chi connectivity index (χ3v) is 7.19. The van der Waals surface area contributed by atoms with E-state index < -0.39 is 0 Å². The number of aromatic nitrogens is 1. The van der Waals surface area contributed by atoms with Crippen LogP contribution in [0.25, 0.3) is 0 Å². The van der Waals surface area contributed by atoms with Gasteiger partial charge in [0.05, 0.1) is 25.3 Å². The molecule has 1 aliphatic carbocycles. The van der Waals surface area contributed by atoms with Gasteiger partial charge in [-0.1, -0.05) is 12.8 Å². The van der Waals surface area contributed by atoms with E-state index in [1.165, 1.54) is 17.7 Å². The van der Waals surface area contributed by atoms with E-state index in [1.807, 2.05) is 24.3 Å². The van der Waals surface area contributed by atoms with Gasteiger partial charge in [-0.15, -0.1) is 11.8 Å². The maximum Gasteiger partial charge on any atom is 0.256 e. The van der Waals surface area contributed by atoms with E-state index in [1.54, 1.807) is 37.1 Å². The number of carbonyl (C=O) groups is 2. The van der Waals surface area contributed by atoms with Crippen LogP contribution in [0.2, 0.25) is 0 Å². The fraction of sp³-hybridized carbons (Fsp3) is 0.458. The minimum Gasteiger partial charge on any atom is -0.378 e. The third-order valence-electron chi connectivity index (χ3n) is 5.84. The molecule has 2 amide bonds. The lowest BCUT2D eigenvalue weighted by atomic mass is 10.2. The Morgan fingerprint density at radius 1 is 1.16 bits per heavy atom. The number of anilines is 2. The average Bonchev–Trinajstić information content (AvgIpc) is 3.33. The van der Waals surface area contributed by atoms with Crippen molar-refractivity contribution in [2.75, 3.05) is 50.1 Å². The number of hydrogen-bond donors (Lipinski definition) is 1. The molecule has 2 aliphatic rings. The molecule has 2 aromatic rings. The van der Waals surface area contributed by atoms with Crippen LogP contribution in [0.1, 0.15) is 36.0 Å². The highest BCUT2D eigenvalue weighted by molar-refractivity contribution is 7.99. The summed E-state index contributed by atoms with van der Waals surface area (Å²) in [4.78, 5) is 33.7. The Hall–Kier alpha value is -2.58. The summed E-state index contributed by atoms with van der Waals surface area (Å²) < 4.78 is 5.39. The highest BCUT2D eigenvalue weighted by Gasteiger charge is 2.23. The minimum absolute atomic E-state index is 0.0214. The number of nitrogens with zero attached hydrogens (tertiary/aromatic N) is 3. The molecule has 7 nitrogen and oxygen atoms in total. The van der Waals surface area contributed by atoms with Gasteiger partial charge in [0.1, 0.15) is 5.03 Å². The Bertz CT molecular complexity index is 925. The monoisotopic (exact) mass is 454 g/mol. The molecule has 0 atom stereocenters. The Kier molecular flexibility index (Phi) is 7.65. The molecule has 1 aromatic heterocycles. The average molecular weight is 455 g/mol. The SMILES string of the molecule is CN(CC(=O)Nc1ccc(N2CCOCC2)cc1)C(=O)c1cccnc1SC1CCCC1. The molecule has 1 saturated carbocycles. The summed E-state index contributed by atoms with van der Waals surface area (Å²) in [7, 11) is 1.65. The summed E-state index contributed by atoms with van der Waals surface area (Å²) in [6.07, 6.45) is 6.53. The maximum absolute atomic E-state index is 13.0. The van der Waals surface area contributed by atoms with Gasteiger partial charge < -0.3 is 19.9 Å². The molecular formula is C24H30N4O3S. The number of rotatable bonds is 7. The normalized spacial score (nSPS) is 16.7. The van der Waals surface area contributed by atoms with Crippen LogP contribution in [0.4, 0.5) is 11.4 Å². The number of ether oxygens (including phenoxy) is 1. The Balaban J connectivity index is 1.33. The number of nitrogens with one attached hydrogen (secondary N) is 1. The minimum atomic E-state index is -0.228. The van der Waals surface area contributed by atoms with Gasteiger partial charge in [-0.05, 0) is 49.2 Å². The van der Waals surface area contributed by atoms with Crippen LogP contribution in [-0.4, -0.2) is 66.8 Å². The molecule has 1 N–H and O–H groups in total. The number of thioether (sulfide) groups is 1. The van der Waals surface area contributed by atoms with Gasteiger partial charge in [0.25, 0.3) is 5.91 Å². The van der Waals surface area contributed by atoms with Crippen molar-refractivity contribution in [3.8, 4) is 0 Å². The lowest BCUT2D eigenvalue weighted by Gasteiger charge is -2.28. The summed E-state index contributed by atoms with van der Waals surface area (Å²) in [5, 5.41) is 4.16. The Labute approximate surface area is 193 Å². The first-order chi connectivity index (χ1) is 15.6. The smallest absolute Gasteiger partial charge is 0.256 e. The van der Waals surface area contributed by atoms with Gasteiger partial charge in [-0.3, -0.25) is 9.59 Å². The molecular weight excluding hydrogens is 424 g/mol. The van der Waals surface area contributed by atoms with E-state index in [0.717, 1.165) is 49.9 Å². The molecule has 1 aliphatic heterocycles. The Morgan fingerprint density at radius 3 is 2.59 bits per heavy atom. The number of morpholine rings is 1. The number of carbonyl (C=O) groups excluding carboxylic acids is 2. The van der Waals surface area contributed by atoms with Crippen molar-refractivity contribution in [3.63, 3.8) is 0 Å². The van der Waals surface area contributed by atoms with Crippen molar-refractivity contribution < 1.29 is 14.3 Å². The highest BCUT2D eigenvalue weighted by atomic mass is 32.2. The molecule has 32 heavy (non-hydrogen) atoms. The predicted octanol–water partition coefficient (Wildman–Crippen LogP) is 3.66. The van der Waals surface area contributed by atoms with Crippen LogP contribution in [0.3, 0.4) is 0 Å². The molecule has 8 heteroatoms. The topological polar surface area (TPSA) is 74.8 Å². The predicted molar refractivity (Wildman–Crippen MR) is 127 cm³/mol. The standard InChI is InChI=1S/C24H30N4O3S/c1-27(24(30)21-7-4-12-25-23(21)32-20-5-2-3-6-20)17-22(29)26-18-8-10-19(11-9-18)28-13-15-31-16-14-28/h4,7-12,20H,2-3,5-6,13-17H2,1H3,(H,26,29). The first-order valence-corrected chi connectivity index (χ1v) is 12.1. The lowest BCUT2D eigenvalue weighted by molar-refractivity contribution is -0.116. The van der Waals surface area contributed by atoms with Gasteiger partial charge in [0.15, 0.2) is 0 Å². The van der Waals surface area contributed by atoms with E-state index in [4.69, 9.17) is 4.74 Å². The summed E-state index contributed by atoms with van der Waals surface area (Å²) >= 11 is 1.69. The van der Waals surface area contributed by atoms with Gasteiger partial charge in [0.2, 0.25) is 5.91 Å². The zero-order valence-corrected chi connectivity index (χ0v) is 19.3. The van der Waals surface area contributed by atoms with Crippen LogP contribution >= 0.6 is 11.8 Å². The van der Waals surface area contributed by atoms with E-state index >= 15 is 0 Å². The second-order valence-electron chi connectivity index (χ2n) is 8.24. The van der Waals surface area contributed by atoms with Gasteiger partial charge in [-0.2, -0.15) is 0 Å². The zero-order valence-electron chi connectivity index (χ0n) is 18.5. The second-order valence-corrected chi connectivity index (χ2v) is 9.53. The molecule has 170 valence electrons. The number of amides is 2. The number of likely N-dealkylation sites (N-methyl/N-ethyl adjacent to an activating group) is 1. The molecule has 0 bridgehead atoms. The van der Waals surface area contributed by atoms with Crippen LogP contribution in [-0.2, 0) is 9.53 Å². The summed E-state index contributed by atoms with van der Waals surface area (Å²) in [6.45, 7) is 3.18. The van der Waals surface area contributed by atoms with Gasteiger partial charge in [-0.25, -0.2) is 4.98 Å². The summed E-state index contributed by atoms with van der Waals surface area (Å²) in [5.74, 6) is -0.412. The molecule has 4 rings (SSSR count). The second kappa shape index (κ2) is 10.8. The van der Waals surface area contributed by atoms with Crippen molar-refractivity contribution in [3.05, 3.63) is 48.2 Å². The molecule has 1 aromatic carbocycles.